The minimum atomic E-state index is 0.480. The van der Waals surface area contributed by atoms with E-state index in [-0.39, 0.29) is 0 Å². The molecule has 3 heteroatoms. The molecular formula is C15H29N3. The molecule has 3 rings (SSSR count). The molecule has 0 radical (unpaired) electrons. The molecule has 104 valence electrons. The van der Waals surface area contributed by atoms with E-state index in [1.807, 2.05) is 0 Å². The van der Waals surface area contributed by atoms with Crippen LogP contribution in [0.1, 0.15) is 45.4 Å². The van der Waals surface area contributed by atoms with Gasteiger partial charge in [0, 0.05) is 24.7 Å². The van der Waals surface area contributed by atoms with Crippen molar-refractivity contribution in [3.63, 3.8) is 0 Å². The summed E-state index contributed by atoms with van der Waals surface area (Å²) in [6, 6.07) is 2.17. The van der Waals surface area contributed by atoms with Crippen molar-refractivity contribution in [2.45, 2.75) is 63.6 Å². The number of nitrogens with zero attached hydrogens (tertiary/aromatic N) is 2. The Morgan fingerprint density at radius 2 is 1.78 bits per heavy atom. The van der Waals surface area contributed by atoms with Gasteiger partial charge in [-0.2, -0.15) is 0 Å². The predicted octanol–water partition coefficient (Wildman–Crippen LogP) is 1.67. The van der Waals surface area contributed by atoms with Gasteiger partial charge in [0.2, 0.25) is 0 Å². The molecule has 18 heavy (non-hydrogen) atoms. The lowest BCUT2D eigenvalue weighted by molar-refractivity contribution is 0.0486. The van der Waals surface area contributed by atoms with Gasteiger partial charge in [-0.15, -0.1) is 0 Å². The maximum Gasteiger partial charge on any atom is 0.0151 e. The van der Waals surface area contributed by atoms with E-state index in [0.29, 0.717) is 6.04 Å². The molecule has 0 aromatic rings. The van der Waals surface area contributed by atoms with E-state index in [1.54, 1.807) is 0 Å². The first-order chi connectivity index (χ1) is 8.78. The van der Waals surface area contributed by atoms with Gasteiger partial charge >= 0.3 is 0 Å². The first kappa shape index (κ1) is 12.9. The van der Waals surface area contributed by atoms with Gasteiger partial charge in [-0.1, -0.05) is 6.92 Å². The van der Waals surface area contributed by atoms with Crippen LogP contribution < -0.4 is 5.73 Å². The molecular weight excluding hydrogens is 222 g/mol. The van der Waals surface area contributed by atoms with Crippen LogP contribution in [0.4, 0.5) is 0 Å². The molecule has 2 saturated heterocycles. The normalized spacial score (nSPS) is 44.5. The van der Waals surface area contributed by atoms with Crippen LogP contribution in [-0.2, 0) is 0 Å². The average Bonchev–Trinajstić information content (AvgIpc) is 2.77. The monoisotopic (exact) mass is 251 g/mol. The second-order valence-corrected chi connectivity index (χ2v) is 6.60. The van der Waals surface area contributed by atoms with Gasteiger partial charge in [-0.05, 0) is 64.1 Å². The molecule has 0 spiro atoms. The number of hydrogen-bond acceptors (Lipinski definition) is 3. The lowest BCUT2D eigenvalue weighted by Crippen LogP contribution is -2.52. The number of rotatable bonds is 3. The van der Waals surface area contributed by atoms with Crippen molar-refractivity contribution < 1.29 is 0 Å². The summed E-state index contributed by atoms with van der Waals surface area (Å²) >= 11 is 0. The van der Waals surface area contributed by atoms with Crippen molar-refractivity contribution in [1.29, 1.82) is 0 Å². The smallest absolute Gasteiger partial charge is 0.0151 e. The van der Waals surface area contributed by atoms with Crippen molar-refractivity contribution >= 4 is 0 Å². The highest BCUT2D eigenvalue weighted by atomic mass is 15.2. The van der Waals surface area contributed by atoms with E-state index >= 15 is 0 Å². The molecule has 3 nitrogen and oxygen atoms in total. The second kappa shape index (κ2) is 5.48. The number of nitrogens with two attached hydrogens (primary N) is 1. The van der Waals surface area contributed by atoms with E-state index in [1.165, 1.54) is 64.7 Å². The molecule has 2 N–H and O–H groups in total. The van der Waals surface area contributed by atoms with Gasteiger partial charge in [0.1, 0.15) is 0 Å². The third kappa shape index (κ3) is 2.45. The van der Waals surface area contributed by atoms with Crippen LogP contribution >= 0.6 is 0 Å². The van der Waals surface area contributed by atoms with Gasteiger partial charge < -0.3 is 10.6 Å². The zero-order valence-corrected chi connectivity index (χ0v) is 11.9. The molecule has 3 unspecified atom stereocenters. The molecule has 0 aromatic carbocycles. The summed E-state index contributed by atoms with van der Waals surface area (Å²) in [4.78, 5) is 5.50. The molecule has 1 saturated carbocycles. The molecule has 0 aromatic heterocycles. The number of hydrogen-bond donors (Lipinski definition) is 1. The zero-order valence-electron chi connectivity index (χ0n) is 11.9. The Hall–Kier alpha value is -0.120. The summed E-state index contributed by atoms with van der Waals surface area (Å²) in [6.45, 7) is 7.66. The van der Waals surface area contributed by atoms with E-state index in [2.05, 4.69) is 16.7 Å². The van der Waals surface area contributed by atoms with E-state index < -0.39 is 0 Å². The third-order valence-corrected chi connectivity index (χ3v) is 5.60. The fourth-order valence-electron chi connectivity index (χ4n) is 4.56. The van der Waals surface area contributed by atoms with Crippen molar-refractivity contribution in [2.75, 3.05) is 26.2 Å². The third-order valence-electron chi connectivity index (χ3n) is 5.60. The second-order valence-electron chi connectivity index (χ2n) is 6.60. The quantitative estimate of drug-likeness (QED) is 0.828. The summed E-state index contributed by atoms with van der Waals surface area (Å²) in [7, 11) is 0. The topological polar surface area (TPSA) is 32.5 Å². The zero-order chi connectivity index (χ0) is 12.5. The Balaban J connectivity index is 1.64. The fourth-order valence-corrected chi connectivity index (χ4v) is 4.56. The standard InChI is InChI=1S/C15H29N3/c1-2-18(14-5-3-13(16)4-6-14)15-8-10-17-9-7-12(15)11-17/h12-15H,2-11,16H2,1H3. The molecule has 0 amide bonds. The summed E-state index contributed by atoms with van der Waals surface area (Å²) in [5.74, 6) is 0.953. The van der Waals surface area contributed by atoms with E-state index in [4.69, 9.17) is 5.73 Å². The molecule has 2 heterocycles. The van der Waals surface area contributed by atoms with Crippen molar-refractivity contribution in [1.82, 2.24) is 9.80 Å². The molecule has 1 aliphatic carbocycles. The first-order valence-electron chi connectivity index (χ1n) is 8.01. The van der Waals surface area contributed by atoms with Gasteiger partial charge in [0.05, 0.1) is 0 Å². The minimum Gasteiger partial charge on any atom is -0.328 e. The lowest BCUT2D eigenvalue weighted by Gasteiger charge is -2.44. The number of piperidine rings is 1. The fraction of sp³-hybridized carbons (Fsp3) is 1.00. The molecule has 3 aliphatic rings. The molecule has 3 fully saturated rings. The van der Waals surface area contributed by atoms with E-state index in [9.17, 15) is 0 Å². The summed E-state index contributed by atoms with van der Waals surface area (Å²) < 4.78 is 0. The van der Waals surface area contributed by atoms with Gasteiger partial charge in [-0.25, -0.2) is 0 Å². The lowest BCUT2D eigenvalue weighted by atomic mass is 9.86. The van der Waals surface area contributed by atoms with Gasteiger partial charge in [-0.3, -0.25) is 4.90 Å². The largest absolute Gasteiger partial charge is 0.328 e. The molecule has 3 atom stereocenters. The Kier molecular flexibility index (Phi) is 3.92. The highest BCUT2D eigenvalue weighted by molar-refractivity contribution is 4.94. The Morgan fingerprint density at radius 1 is 1.06 bits per heavy atom. The maximum atomic E-state index is 6.05. The van der Waals surface area contributed by atoms with Crippen LogP contribution in [0, 0.1) is 5.92 Å². The van der Waals surface area contributed by atoms with Crippen LogP contribution in [-0.4, -0.2) is 54.1 Å². The highest BCUT2D eigenvalue weighted by Gasteiger charge is 2.39. The van der Waals surface area contributed by atoms with Crippen molar-refractivity contribution in [2.24, 2.45) is 11.7 Å². The molecule has 2 bridgehead atoms. The van der Waals surface area contributed by atoms with Crippen molar-refractivity contribution in [3.8, 4) is 0 Å². The Bertz CT molecular complexity index is 273. The highest BCUT2D eigenvalue weighted by Crippen LogP contribution is 2.34. The summed E-state index contributed by atoms with van der Waals surface area (Å²) in [5.41, 5.74) is 6.05. The average molecular weight is 251 g/mol. The van der Waals surface area contributed by atoms with Crippen LogP contribution in [0.25, 0.3) is 0 Å². The van der Waals surface area contributed by atoms with Crippen LogP contribution in [0.15, 0.2) is 0 Å². The molecule has 2 aliphatic heterocycles. The summed E-state index contributed by atoms with van der Waals surface area (Å²) in [5, 5.41) is 0. The SMILES string of the molecule is CCN(C1CCC(N)CC1)C1CCN2CCC1C2. The minimum absolute atomic E-state index is 0.480. The van der Waals surface area contributed by atoms with Crippen LogP contribution in [0.3, 0.4) is 0 Å². The predicted molar refractivity (Wildman–Crippen MR) is 75.6 cm³/mol. The Morgan fingerprint density at radius 3 is 2.50 bits per heavy atom. The van der Waals surface area contributed by atoms with Crippen molar-refractivity contribution in [3.05, 3.63) is 0 Å². The summed E-state index contributed by atoms with van der Waals surface area (Å²) in [6.07, 6.45) is 7.99. The van der Waals surface area contributed by atoms with Crippen LogP contribution in [0.5, 0.6) is 0 Å². The first-order valence-corrected chi connectivity index (χ1v) is 8.01. The maximum absolute atomic E-state index is 6.05. The van der Waals surface area contributed by atoms with Gasteiger partial charge in [0.15, 0.2) is 0 Å². The van der Waals surface area contributed by atoms with E-state index in [0.717, 1.165) is 18.0 Å². The number of fused-ring (bicyclic) bond motifs is 2. The Labute approximate surface area is 112 Å². The van der Waals surface area contributed by atoms with Gasteiger partial charge in [0.25, 0.3) is 0 Å². The van der Waals surface area contributed by atoms with Crippen LogP contribution in [0.2, 0.25) is 0 Å².